The minimum Gasteiger partial charge on any atom is -0.508 e. The summed E-state index contributed by atoms with van der Waals surface area (Å²) in [5, 5.41) is 13.5. The second-order valence-corrected chi connectivity index (χ2v) is 5.79. The van der Waals surface area contributed by atoms with Crippen LogP contribution in [0.5, 0.6) is 5.75 Å². The molecule has 3 nitrogen and oxygen atoms in total. The van der Waals surface area contributed by atoms with Crippen LogP contribution in [0, 0.1) is 0 Å². The summed E-state index contributed by atoms with van der Waals surface area (Å²) in [5.74, 6) is 0.385. The molecule has 0 saturated carbocycles. The van der Waals surface area contributed by atoms with Crippen molar-refractivity contribution in [2.75, 3.05) is 26.2 Å². The van der Waals surface area contributed by atoms with Gasteiger partial charge in [-0.25, -0.2) is 0 Å². The number of hydrogen-bond acceptors (Lipinski definition) is 3. The van der Waals surface area contributed by atoms with Crippen LogP contribution < -0.4 is 5.32 Å². The van der Waals surface area contributed by atoms with Crippen molar-refractivity contribution in [2.24, 2.45) is 0 Å². The zero-order valence-corrected chi connectivity index (χ0v) is 12.7. The predicted octanol–water partition coefficient (Wildman–Crippen LogP) is 3.07. The van der Waals surface area contributed by atoms with Crippen molar-refractivity contribution >= 4 is 15.9 Å². The number of nitrogens with zero attached hydrogens (tertiary/aromatic N) is 1. The molecular weight excluding hydrogens is 304 g/mol. The van der Waals surface area contributed by atoms with Gasteiger partial charge in [0.05, 0.1) is 0 Å². The first-order chi connectivity index (χ1) is 9.22. The van der Waals surface area contributed by atoms with Gasteiger partial charge in [-0.15, -0.1) is 6.58 Å². The lowest BCUT2D eigenvalue weighted by Gasteiger charge is -2.35. The van der Waals surface area contributed by atoms with Crippen molar-refractivity contribution in [1.82, 2.24) is 10.2 Å². The van der Waals surface area contributed by atoms with Crippen LogP contribution in [0.25, 0.3) is 0 Å². The number of benzene rings is 1. The Morgan fingerprint density at radius 3 is 2.84 bits per heavy atom. The van der Waals surface area contributed by atoms with Crippen LogP contribution in [0.2, 0.25) is 0 Å². The van der Waals surface area contributed by atoms with Crippen molar-refractivity contribution in [3.8, 4) is 5.75 Å². The fraction of sp³-hybridized carbons (Fsp3) is 0.467. The smallest absolute Gasteiger partial charge is 0.120 e. The quantitative estimate of drug-likeness (QED) is 0.817. The van der Waals surface area contributed by atoms with E-state index in [0.717, 1.165) is 49.1 Å². The highest BCUT2D eigenvalue weighted by Gasteiger charge is 2.23. The van der Waals surface area contributed by atoms with Crippen LogP contribution in [0.3, 0.4) is 0 Å². The summed E-state index contributed by atoms with van der Waals surface area (Å²) in [7, 11) is 0. The first-order valence-corrected chi connectivity index (χ1v) is 7.55. The van der Waals surface area contributed by atoms with E-state index in [1.165, 1.54) is 0 Å². The van der Waals surface area contributed by atoms with Gasteiger partial charge in [-0.05, 0) is 31.0 Å². The molecule has 1 saturated heterocycles. The summed E-state index contributed by atoms with van der Waals surface area (Å²) in [6.07, 6.45) is 3.90. The van der Waals surface area contributed by atoms with Crippen molar-refractivity contribution in [3.05, 3.63) is 40.9 Å². The minimum atomic E-state index is 0.262. The van der Waals surface area contributed by atoms with Crippen LogP contribution in [0.4, 0.5) is 0 Å². The highest BCUT2D eigenvalue weighted by atomic mass is 79.9. The van der Waals surface area contributed by atoms with Gasteiger partial charge in [0.1, 0.15) is 5.75 Å². The van der Waals surface area contributed by atoms with Gasteiger partial charge in [0, 0.05) is 42.3 Å². The summed E-state index contributed by atoms with van der Waals surface area (Å²) in [4.78, 5) is 2.45. The normalized spacial score (nSPS) is 18.2. The van der Waals surface area contributed by atoms with E-state index in [1.807, 2.05) is 18.2 Å². The summed E-state index contributed by atoms with van der Waals surface area (Å²) in [5.41, 5.74) is 1.01. The van der Waals surface area contributed by atoms with Crippen molar-refractivity contribution in [1.29, 1.82) is 0 Å². The number of phenols is 1. The fourth-order valence-electron chi connectivity index (χ4n) is 2.60. The van der Waals surface area contributed by atoms with Gasteiger partial charge in [0.2, 0.25) is 0 Å². The molecule has 0 aliphatic carbocycles. The van der Waals surface area contributed by atoms with E-state index in [2.05, 4.69) is 32.7 Å². The molecule has 0 radical (unpaired) electrons. The predicted molar refractivity (Wildman–Crippen MR) is 82.4 cm³/mol. The molecule has 0 spiro atoms. The maximum atomic E-state index is 10.1. The molecule has 1 fully saturated rings. The molecule has 2 N–H and O–H groups in total. The van der Waals surface area contributed by atoms with Crippen LogP contribution in [-0.2, 0) is 0 Å². The summed E-state index contributed by atoms with van der Waals surface area (Å²) < 4.78 is 1.01. The van der Waals surface area contributed by atoms with E-state index in [0.29, 0.717) is 5.75 Å². The molecule has 19 heavy (non-hydrogen) atoms. The molecule has 1 atom stereocenters. The molecule has 2 rings (SSSR count). The Labute approximate surface area is 123 Å². The third-order valence-corrected chi connectivity index (χ3v) is 4.08. The van der Waals surface area contributed by atoms with Crippen LogP contribution in [-0.4, -0.2) is 36.2 Å². The topological polar surface area (TPSA) is 35.5 Å². The number of allylic oxidation sites excluding steroid dienone is 1. The molecule has 0 aromatic heterocycles. The largest absolute Gasteiger partial charge is 0.508 e. The fourth-order valence-corrected chi connectivity index (χ4v) is 2.98. The van der Waals surface area contributed by atoms with Gasteiger partial charge in [-0.1, -0.05) is 22.0 Å². The maximum absolute atomic E-state index is 10.1. The Morgan fingerprint density at radius 1 is 1.42 bits per heavy atom. The number of rotatable bonds is 5. The van der Waals surface area contributed by atoms with E-state index in [-0.39, 0.29) is 6.04 Å². The van der Waals surface area contributed by atoms with Crippen LogP contribution in [0.1, 0.15) is 24.4 Å². The highest BCUT2D eigenvalue weighted by Crippen LogP contribution is 2.34. The zero-order chi connectivity index (χ0) is 13.7. The number of halogens is 1. The molecule has 4 heteroatoms. The molecule has 0 amide bonds. The Hall–Kier alpha value is -0.840. The third-order valence-electron chi connectivity index (χ3n) is 3.59. The van der Waals surface area contributed by atoms with E-state index in [9.17, 15) is 5.11 Å². The van der Waals surface area contributed by atoms with E-state index in [4.69, 9.17) is 0 Å². The molecule has 1 aliphatic rings. The van der Waals surface area contributed by atoms with E-state index < -0.39 is 0 Å². The average molecular weight is 325 g/mol. The first-order valence-electron chi connectivity index (χ1n) is 6.76. The summed E-state index contributed by atoms with van der Waals surface area (Å²) >= 11 is 3.49. The number of piperazine rings is 1. The second kappa shape index (κ2) is 7.08. The molecule has 1 aliphatic heterocycles. The third kappa shape index (κ3) is 3.81. The molecule has 104 valence electrons. The molecule has 0 bridgehead atoms. The van der Waals surface area contributed by atoms with Gasteiger partial charge < -0.3 is 10.4 Å². The number of hydrogen-bond donors (Lipinski definition) is 2. The lowest BCUT2D eigenvalue weighted by molar-refractivity contribution is 0.163. The highest BCUT2D eigenvalue weighted by molar-refractivity contribution is 9.10. The Bertz CT molecular complexity index is 430. The Morgan fingerprint density at radius 2 is 2.16 bits per heavy atom. The monoisotopic (exact) mass is 324 g/mol. The lowest BCUT2D eigenvalue weighted by Crippen LogP contribution is -2.45. The summed E-state index contributed by atoms with van der Waals surface area (Å²) in [6, 6.07) is 5.94. The lowest BCUT2D eigenvalue weighted by atomic mass is 9.98. The Kier molecular flexibility index (Phi) is 5.43. The zero-order valence-electron chi connectivity index (χ0n) is 11.1. The van der Waals surface area contributed by atoms with Gasteiger partial charge in [-0.3, -0.25) is 4.90 Å². The summed E-state index contributed by atoms with van der Waals surface area (Å²) in [6.45, 7) is 7.88. The van der Waals surface area contributed by atoms with Gasteiger partial charge in [0.25, 0.3) is 0 Å². The number of phenolic OH excluding ortho intramolecular Hbond substituents is 1. The second-order valence-electron chi connectivity index (χ2n) is 4.87. The SMILES string of the molecule is C=CCC[C@H](c1cc(Br)ccc1O)N1CCNCC1. The van der Waals surface area contributed by atoms with Gasteiger partial charge >= 0.3 is 0 Å². The van der Waals surface area contributed by atoms with E-state index >= 15 is 0 Å². The molecule has 1 aromatic rings. The van der Waals surface area contributed by atoms with E-state index in [1.54, 1.807) is 6.07 Å². The van der Waals surface area contributed by atoms with Crippen molar-refractivity contribution in [2.45, 2.75) is 18.9 Å². The molecule has 1 heterocycles. The Balaban J connectivity index is 2.24. The maximum Gasteiger partial charge on any atom is 0.120 e. The first kappa shape index (κ1) is 14.6. The minimum absolute atomic E-state index is 0.262. The van der Waals surface area contributed by atoms with Crippen LogP contribution in [0.15, 0.2) is 35.3 Å². The molecule has 0 unspecified atom stereocenters. The van der Waals surface area contributed by atoms with Gasteiger partial charge in [0.15, 0.2) is 0 Å². The molecular formula is C15H21BrN2O. The standard InChI is InChI=1S/C15H21BrN2O/c1-2-3-4-14(18-9-7-17-8-10-18)13-11-12(16)5-6-15(13)19/h2,5-6,11,14,17,19H,1,3-4,7-10H2/t14-/m1/s1. The molecule has 1 aromatic carbocycles. The average Bonchev–Trinajstić information content (AvgIpc) is 2.44. The number of aromatic hydroxyl groups is 1. The van der Waals surface area contributed by atoms with Crippen molar-refractivity contribution in [3.63, 3.8) is 0 Å². The van der Waals surface area contributed by atoms with Gasteiger partial charge in [-0.2, -0.15) is 0 Å². The van der Waals surface area contributed by atoms with Crippen molar-refractivity contribution < 1.29 is 5.11 Å². The number of nitrogens with one attached hydrogen (secondary N) is 1. The van der Waals surface area contributed by atoms with Crippen LogP contribution >= 0.6 is 15.9 Å².